The van der Waals surface area contributed by atoms with Crippen molar-refractivity contribution in [1.82, 2.24) is 0 Å². The first-order chi connectivity index (χ1) is 7.75. The summed E-state index contributed by atoms with van der Waals surface area (Å²) in [6.07, 6.45) is 4.75. The molecule has 0 radical (unpaired) electrons. The fourth-order valence-electron chi connectivity index (χ4n) is 3.22. The van der Waals surface area contributed by atoms with Crippen LogP contribution in [0, 0.1) is 0 Å². The van der Waals surface area contributed by atoms with Crippen LogP contribution in [0.5, 0.6) is 5.75 Å². The van der Waals surface area contributed by atoms with E-state index < -0.39 is 0 Å². The minimum atomic E-state index is -0.0260. The lowest BCUT2D eigenvalue weighted by atomic mass is 9.83. The fraction of sp³-hybridized carbons (Fsp3) is 0.538. The van der Waals surface area contributed by atoms with Crippen LogP contribution in [0.15, 0.2) is 18.2 Å². The molecule has 0 aromatic heterocycles. The van der Waals surface area contributed by atoms with Crippen LogP contribution in [0.2, 0.25) is 5.02 Å². The molecule has 1 saturated carbocycles. The van der Waals surface area contributed by atoms with E-state index in [0.717, 1.165) is 23.6 Å². The first kappa shape index (κ1) is 10.4. The van der Waals surface area contributed by atoms with E-state index in [9.17, 15) is 0 Å². The smallest absolute Gasteiger partial charge is 0.123 e. The molecule has 86 valence electrons. The molecule has 2 nitrogen and oxygen atoms in total. The molecule has 16 heavy (non-hydrogen) atoms. The lowest BCUT2D eigenvalue weighted by Crippen LogP contribution is -2.38. The van der Waals surface area contributed by atoms with Gasteiger partial charge in [-0.05, 0) is 43.9 Å². The van der Waals surface area contributed by atoms with Crippen LogP contribution >= 0.6 is 11.6 Å². The maximum Gasteiger partial charge on any atom is 0.123 e. The number of rotatable bonds is 1. The molecule has 2 aliphatic rings. The zero-order valence-electron chi connectivity index (χ0n) is 9.21. The highest BCUT2D eigenvalue weighted by Crippen LogP contribution is 2.52. The van der Waals surface area contributed by atoms with Crippen molar-refractivity contribution in [3.63, 3.8) is 0 Å². The predicted molar refractivity (Wildman–Crippen MR) is 65.1 cm³/mol. The van der Waals surface area contributed by atoms with Crippen molar-refractivity contribution in [3.8, 4) is 5.75 Å². The van der Waals surface area contributed by atoms with E-state index >= 15 is 0 Å². The molecule has 1 aliphatic heterocycles. The van der Waals surface area contributed by atoms with E-state index in [1.165, 1.54) is 18.4 Å². The topological polar surface area (TPSA) is 35.2 Å². The lowest BCUT2D eigenvalue weighted by molar-refractivity contribution is 0.0780. The number of fused-ring (bicyclic) bond motifs is 1. The van der Waals surface area contributed by atoms with Gasteiger partial charge in [0.25, 0.3) is 0 Å². The van der Waals surface area contributed by atoms with Crippen molar-refractivity contribution in [1.29, 1.82) is 0 Å². The second-order valence-corrected chi connectivity index (χ2v) is 5.28. The van der Waals surface area contributed by atoms with Gasteiger partial charge < -0.3 is 10.5 Å². The van der Waals surface area contributed by atoms with Crippen molar-refractivity contribution in [3.05, 3.63) is 28.8 Å². The summed E-state index contributed by atoms with van der Waals surface area (Å²) in [6, 6.07) is 5.89. The van der Waals surface area contributed by atoms with E-state index in [4.69, 9.17) is 22.1 Å². The van der Waals surface area contributed by atoms with Crippen molar-refractivity contribution < 1.29 is 4.74 Å². The zero-order chi connectivity index (χ0) is 11.2. The quantitative estimate of drug-likeness (QED) is 0.815. The molecule has 0 amide bonds. The third-order valence-corrected chi connectivity index (χ3v) is 4.22. The number of ether oxygens (including phenoxy) is 1. The van der Waals surface area contributed by atoms with Gasteiger partial charge in [-0.15, -0.1) is 0 Å². The standard InChI is InChI=1S/C13H16ClNO/c14-9-3-4-12-10(7-9)11(8-15)13(16-12)5-1-2-6-13/h3-4,7,11H,1-2,5-6,8,15H2. The highest BCUT2D eigenvalue weighted by atomic mass is 35.5. The van der Waals surface area contributed by atoms with E-state index in [2.05, 4.69) is 0 Å². The van der Waals surface area contributed by atoms with Crippen LogP contribution in [0.3, 0.4) is 0 Å². The third kappa shape index (κ3) is 1.36. The van der Waals surface area contributed by atoms with E-state index in [1.54, 1.807) is 0 Å². The van der Waals surface area contributed by atoms with Gasteiger partial charge in [0.15, 0.2) is 0 Å². The summed E-state index contributed by atoms with van der Waals surface area (Å²) in [5, 5.41) is 0.774. The number of hydrogen-bond acceptors (Lipinski definition) is 2. The molecule has 1 aliphatic carbocycles. The third-order valence-electron chi connectivity index (χ3n) is 3.98. The predicted octanol–water partition coefficient (Wildman–Crippen LogP) is 3.09. The van der Waals surface area contributed by atoms with Gasteiger partial charge in [-0.3, -0.25) is 0 Å². The maximum atomic E-state index is 6.18. The van der Waals surface area contributed by atoms with Gasteiger partial charge in [0, 0.05) is 23.0 Å². The number of nitrogens with two attached hydrogens (primary N) is 1. The van der Waals surface area contributed by atoms with Crippen LogP contribution in [0.25, 0.3) is 0 Å². The van der Waals surface area contributed by atoms with Gasteiger partial charge in [-0.25, -0.2) is 0 Å². The Morgan fingerprint density at radius 2 is 2.12 bits per heavy atom. The van der Waals surface area contributed by atoms with Crippen molar-refractivity contribution >= 4 is 11.6 Å². The summed E-state index contributed by atoms with van der Waals surface area (Å²) in [4.78, 5) is 0. The Morgan fingerprint density at radius 3 is 2.81 bits per heavy atom. The SMILES string of the molecule is NCC1c2cc(Cl)ccc2OC12CCCC2. The van der Waals surface area contributed by atoms with Crippen LogP contribution in [0.1, 0.15) is 37.2 Å². The fourth-order valence-corrected chi connectivity index (χ4v) is 3.40. The highest BCUT2D eigenvalue weighted by molar-refractivity contribution is 6.30. The van der Waals surface area contributed by atoms with Gasteiger partial charge in [0.2, 0.25) is 0 Å². The van der Waals surface area contributed by atoms with Crippen molar-refractivity contribution in [2.45, 2.75) is 37.2 Å². The Morgan fingerprint density at radius 1 is 1.38 bits per heavy atom. The minimum absolute atomic E-state index is 0.0260. The minimum Gasteiger partial charge on any atom is -0.486 e. The van der Waals surface area contributed by atoms with Gasteiger partial charge in [-0.2, -0.15) is 0 Å². The van der Waals surface area contributed by atoms with Gasteiger partial charge >= 0.3 is 0 Å². The molecule has 1 aromatic carbocycles. The molecule has 3 heteroatoms. The number of benzene rings is 1. The molecule has 1 fully saturated rings. The normalized spacial score (nSPS) is 25.8. The average Bonchev–Trinajstić information content (AvgIpc) is 2.84. The molecule has 0 bridgehead atoms. The lowest BCUT2D eigenvalue weighted by Gasteiger charge is -2.29. The monoisotopic (exact) mass is 237 g/mol. The molecule has 3 rings (SSSR count). The number of hydrogen-bond donors (Lipinski definition) is 1. The second-order valence-electron chi connectivity index (χ2n) is 4.84. The Hall–Kier alpha value is -0.730. The summed E-state index contributed by atoms with van der Waals surface area (Å²) >= 11 is 6.04. The maximum absolute atomic E-state index is 6.18. The summed E-state index contributed by atoms with van der Waals surface area (Å²) < 4.78 is 6.18. The first-order valence-corrected chi connectivity index (χ1v) is 6.31. The van der Waals surface area contributed by atoms with Gasteiger partial charge in [0.1, 0.15) is 11.4 Å². The zero-order valence-corrected chi connectivity index (χ0v) is 9.96. The van der Waals surface area contributed by atoms with E-state index in [1.807, 2.05) is 18.2 Å². The summed E-state index contributed by atoms with van der Waals surface area (Å²) in [5.41, 5.74) is 7.11. The molecular weight excluding hydrogens is 222 g/mol. The summed E-state index contributed by atoms with van der Waals surface area (Å²) in [6.45, 7) is 0.646. The molecule has 1 heterocycles. The van der Waals surface area contributed by atoms with Crippen LogP contribution in [0.4, 0.5) is 0 Å². The van der Waals surface area contributed by atoms with Crippen molar-refractivity contribution in [2.24, 2.45) is 5.73 Å². The van der Waals surface area contributed by atoms with Crippen LogP contribution in [-0.2, 0) is 0 Å². The molecule has 1 unspecified atom stereocenters. The molecular formula is C13H16ClNO. The average molecular weight is 238 g/mol. The number of halogens is 1. The van der Waals surface area contributed by atoms with Crippen molar-refractivity contribution in [2.75, 3.05) is 6.54 Å². The molecule has 1 spiro atoms. The largest absolute Gasteiger partial charge is 0.486 e. The Labute approximate surface area is 101 Å². The Kier molecular flexibility index (Phi) is 2.37. The van der Waals surface area contributed by atoms with Gasteiger partial charge in [0.05, 0.1) is 0 Å². The van der Waals surface area contributed by atoms with Crippen LogP contribution in [-0.4, -0.2) is 12.1 Å². The second kappa shape index (κ2) is 3.64. The van der Waals surface area contributed by atoms with Gasteiger partial charge in [-0.1, -0.05) is 11.6 Å². The molecule has 2 N–H and O–H groups in total. The Balaban J connectivity index is 2.05. The first-order valence-electron chi connectivity index (χ1n) is 5.94. The highest BCUT2D eigenvalue weighted by Gasteiger charge is 2.49. The molecule has 0 saturated heterocycles. The van der Waals surface area contributed by atoms with E-state index in [0.29, 0.717) is 12.5 Å². The summed E-state index contributed by atoms with van der Waals surface area (Å²) in [5.74, 6) is 1.31. The Bertz CT molecular complexity index is 412. The molecule has 1 aromatic rings. The molecule has 1 atom stereocenters. The summed E-state index contributed by atoms with van der Waals surface area (Å²) in [7, 11) is 0. The van der Waals surface area contributed by atoms with E-state index in [-0.39, 0.29) is 5.60 Å². The van der Waals surface area contributed by atoms with Crippen LogP contribution < -0.4 is 10.5 Å².